The van der Waals surface area contributed by atoms with Crippen molar-refractivity contribution in [2.24, 2.45) is 5.16 Å². The number of aromatic hydroxyl groups is 2. The number of β-lactam (4-membered cyclic amide) rings is 1. The van der Waals surface area contributed by atoms with Crippen LogP contribution in [0.5, 0.6) is 11.5 Å². The van der Waals surface area contributed by atoms with E-state index in [1.165, 1.54) is 48.3 Å². The smallest absolute Gasteiger partial charge is 0.350 e. The van der Waals surface area contributed by atoms with Crippen molar-refractivity contribution in [2.75, 3.05) is 17.2 Å². The van der Waals surface area contributed by atoms with Gasteiger partial charge in [-0.05, 0) is 36.8 Å². The van der Waals surface area contributed by atoms with E-state index in [9.17, 15) is 29.7 Å². The summed E-state index contributed by atoms with van der Waals surface area (Å²) in [5, 5.41) is 49.5. The zero-order chi connectivity index (χ0) is 35.9. The number of thioether (sulfide) groups is 2. The summed E-state index contributed by atoms with van der Waals surface area (Å²) in [7, 11) is 0. The Morgan fingerprint density at radius 3 is 2.76 bits per heavy atom. The highest BCUT2D eigenvalue weighted by atomic mass is 35.5. The Labute approximate surface area is 304 Å². The first-order chi connectivity index (χ1) is 23.8. The number of thiazole rings is 1. The summed E-state index contributed by atoms with van der Waals surface area (Å²) < 4.78 is 1.72. The monoisotopic (exact) mass is 779 g/mol. The molecule has 0 aliphatic carbocycles. The quantitative estimate of drug-likeness (QED) is 0.0320. The lowest BCUT2D eigenvalue weighted by molar-refractivity contribution is -0.597. The van der Waals surface area contributed by atoms with E-state index in [0.717, 1.165) is 21.8 Å². The minimum absolute atomic E-state index is 0.0132. The molecule has 0 spiro atoms. The number of tetrazole rings is 1. The van der Waals surface area contributed by atoms with Gasteiger partial charge in [0, 0.05) is 23.6 Å². The molecule has 0 radical (unpaired) electrons. The van der Waals surface area contributed by atoms with Crippen LogP contribution in [0.15, 0.2) is 52.3 Å². The third kappa shape index (κ3) is 6.75. The highest BCUT2D eigenvalue weighted by molar-refractivity contribution is 8.01. The van der Waals surface area contributed by atoms with Crippen molar-refractivity contribution in [1.82, 2.24) is 35.8 Å². The molecule has 0 unspecified atom stereocenters. The van der Waals surface area contributed by atoms with E-state index in [0.29, 0.717) is 22.9 Å². The van der Waals surface area contributed by atoms with Gasteiger partial charge in [-0.1, -0.05) is 39.7 Å². The summed E-state index contributed by atoms with van der Waals surface area (Å²) in [6.07, 6.45) is 3.55. The van der Waals surface area contributed by atoms with Gasteiger partial charge >= 0.3 is 5.97 Å². The van der Waals surface area contributed by atoms with E-state index < -0.39 is 46.3 Å². The second-order valence-electron chi connectivity index (χ2n) is 11.1. The van der Waals surface area contributed by atoms with Crippen molar-refractivity contribution >= 4 is 92.4 Å². The van der Waals surface area contributed by atoms with E-state index in [2.05, 4.69) is 36.1 Å². The number of nitrogens with two attached hydrogens (primary N) is 1. The summed E-state index contributed by atoms with van der Waals surface area (Å²) in [5.74, 6) is -2.41. The summed E-state index contributed by atoms with van der Waals surface area (Å²) in [5.41, 5.74) is 5.09. The van der Waals surface area contributed by atoms with Crippen molar-refractivity contribution < 1.29 is 39.1 Å². The van der Waals surface area contributed by atoms with Gasteiger partial charge in [-0.25, -0.2) is 9.78 Å². The van der Waals surface area contributed by atoms with Crippen LogP contribution in [-0.2, 0) is 19.2 Å². The largest absolute Gasteiger partial charge is 0.504 e. The number of hydrogen-bond donors (Lipinski definition) is 6. The fourth-order valence-corrected chi connectivity index (χ4v) is 8.34. The molecule has 4 aromatic rings. The van der Waals surface area contributed by atoms with Gasteiger partial charge in [0.25, 0.3) is 11.8 Å². The molecule has 5 heterocycles. The number of nitrogen functional groups attached to an aromatic ring is 1. The molecule has 0 saturated carbocycles. The maximum Gasteiger partial charge on any atom is 0.350 e. The Balaban J connectivity index is 1.23. The van der Waals surface area contributed by atoms with Crippen molar-refractivity contribution in [3.63, 3.8) is 0 Å². The lowest BCUT2D eigenvalue weighted by Crippen LogP contribution is -2.70. The average molecular weight is 781 g/mol. The standard InChI is InChI=1S/C28H24Cl2N10O7S3/c1-28(2,26(45)46)47-36-17(16-21(30)50-27(31)33-16)23(43)32-18-24(44)40-19(22-34-37-38-35-22)11(10-49-25(18)40)9-48-12-4-3-7-39(8-12)13-5-6-14(41)20(42)15(13)29/h3-8,18,25H,9-10H2,1-2H3,(H6-,31,32,33,34,35,36,37,38,41,42,43,45,46)/p+1/t18-,25-/m1/s1. The molecule has 2 aliphatic heterocycles. The number of aliphatic carboxylic acids is 1. The van der Waals surface area contributed by atoms with Crippen LogP contribution in [0.3, 0.4) is 0 Å². The molecule has 50 heavy (non-hydrogen) atoms. The number of aromatic nitrogens is 6. The summed E-state index contributed by atoms with van der Waals surface area (Å²) >= 11 is 16.3. The Bertz CT molecular complexity index is 2080. The minimum atomic E-state index is -1.80. The molecule has 0 bridgehead atoms. The minimum Gasteiger partial charge on any atom is -0.504 e. The number of rotatable bonds is 11. The van der Waals surface area contributed by atoms with Crippen molar-refractivity contribution in [1.29, 1.82) is 0 Å². The maximum absolute atomic E-state index is 13.7. The number of carboxylic acid groups (broad SMARTS) is 1. The van der Waals surface area contributed by atoms with Crippen molar-refractivity contribution in [3.8, 4) is 17.2 Å². The van der Waals surface area contributed by atoms with E-state index >= 15 is 0 Å². The molecule has 2 aliphatic rings. The van der Waals surface area contributed by atoms with Gasteiger partial charge in [0.15, 0.2) is 39.8 Å². The molecule has 1 saturated heterocycles. The molecule has 2 amide bonds. The number of phenols is 2. The van der Waals surface area contributed by atoms with Crippen molar-refractivity contribution in [3.05, 3.63) is 63.1 Å². The lowest BCUT2D eigenvalue weighted by atomic mass is 10.0. The first kappa shape index (κ1) is 35.2. The highest BCUT2D eigenvalue weighted by Crippen LogP contribution is 2.44. The summed E-state index contributed by atoms with van der Waals surface area (Å²) in [4.78, 5) is 50.4. The number of nitrogens with one attached hydrogen (secondary N) is 2. The van der Waals surface area contributed by atoms with Crippen LogP contribution in [0.25, 0.3) is 11.4 Å². The average Bonchev–Trinajstić information content (AvgIpc) is 3.74. The highest BCUT2D eigenvalue weighted by Gasteiger charge is 2.54. The van der Waals surface area contributed by atoms with Gasteiger partial charge in [0.1, 0.15) is 21.4 Å². The zero-order valence-corrected chi connectivity index (χ0v) is 29.7. The number of H-pyrrole nitrogens is 1. The number of phenolic OH excluding ortho intramolecular Hbond substituents is 2. The second kappa shape index (κ2) is 13.9. The number of fused-ring (bicyclic) bond motifs is 1. The zero-order valence-electron chi connectivity index (χ0n) is 25.7. The molecule has 1 aromatic carbocycles. The lowest BCUT2D eigenvalue weighted by Gasteiger charge is -2.49. The summed E-state index contributed by atoms with van der Waals surface area (Å²) in [6, 6.07) is 5.58. The van der Waals surface area contributed by atoms with Crippen LogP contribution < -0.4 is 15.6 Å². The van der Waals surface area contributed by atoms with Crippen LogP contribution >= 0.6 is 58.1 Å². The molecule has 17 nitrogen and oxygen atoms in total. The van der Waals surface area contributed by atoms with Gasteiger partial charge < -0.3 is 31.2 Å². The Morgan fingerprint density at radius 1 is 1.30 bits per heavy atom. The van der Waals surface area contributed by atoms with Crippen LogP contribution in [-0.4, -0.2) is 97.8 Å². The first-order valence-corrected chi connectivity index (χ1v) is 17.9. The van der Waals surface area contributed by atoms with Gasteiger partial charge in [-0.15, -0.1) is 33.7 Å². The predicted octanol–water partition coefficient (Wildman–Crippen LogP) is 2.42. The van der Waals surface area contributed by atoms with Crippen molar-refractivity contribution in [2.45, 2.75) is 35.8 Å². The second-order valence-corrected chi connectivity index (χ2v) is 15.2. The number of anilines is 1. The number of pyridine rings is 1. The molecular formula is C28H25Cl2N10O7S3+. The Hall–Kier alpha value is -4.63. The molecule has 3 aromatic heterocycles. The van der Waals surface area contributed by atoms with Gasteiger partial charge in [0.2, 0.25) is 17.1 Å². The number of aromatic amines is 1. The van der Waals surface area contributed by atoms with E-state index in [1.54, 1.807) is 29.1 Å². The number of carbonyl (C=O) groups excluding carboxylic acids is 2. The molecule has 6 rings (SSSR count). The molecule has 260 valence electrons. The van der Waals surface area contributed by atoms with Crippen LogP contribution in [0.2, 0.25) is 9.36 Å². The van der Waals surface area contributed by atoms with Gasteiger partial charge in [-0.3, -0.25) is 14.5 Å². The topological polar surface area (TPSA) is 246 Å². The molecular weight excluding hydrogens is 755 g/mol. The molecule has 7 N–H and O–H groups in total. The van der Waals surface area contributed by atoms with E-state index in [1.807, 2.05) is 6.07 Å². The number of amides is 2. The van der Waals surface area contributed by atoms with Crippen LogP contribution in [0.4, 0.5) is 5.13 Å². The Morgan fingerprint density at radius 2 is 2.08 bits per heavy atom. The van der Waals surface area contributed by atoms with E-state index in [4.69, 9.17) is 33.8 Å². The number of carboxylic acids is 1. The third-order valence-corrected chi connectivity index (χ3v) is 11.2. The summed E-state index contributed by atoms with van der Waals surface area (Å²) in [6.45, 7) is 2.48. The molecule has 22 heteroatoms. The van der Waals surface area contributed by atoms with Gasteiger partial charge in [-0.2, -0.15) is 9.78 Å². The first-order valence-electron chi connectivity index (χ1n) is 14.2. The third-order valence-electron chi connectivity index (χ3n) is 7.35. The fourth-order valence-electron chi connectivity index (χ4n) is 4.73. The number of benzene rings is 1. The van der Waals surface area contributed by atoms with Gasteiger partial charge in [0.05, 0.1) is 10.6 Å². The van der Waals surface area contributed by atoms with Crippen LogP contribution in [0.1, 0.15) is 25.4 Å². The predicted molar refractivity (Wildman–Crippen MR) is 184 cm³/mol. The number of oxime groups is 1. The number of carbonyl (C=O) groups is 3. The molecule has 1 fully saturated rings. The fraction of sp³-hybridized carbons (Fsp3) is 0.250. The Kier molecular flexibility index (Phi) is 9.82. The SMILES string of the molecule is CC(C)(O/N=C(\C(=O)N[C@@H]1C(=O)N2C(c3nn[nH]n3)=C(CSc3ccc[n+](-c4ccc(O)c(O)c4Cl)c3)CS[C@H]12)c1nc(N)sc1Cl)C(=O)O. The number of nitrogens with zero attached hydrogens (tertiary/aromatic N) is 7. The van der Waals surface area contributed by atoms with Crippen LogP contribution in [0, 0.1) is 0 Å². The number of hydrogen-bond acceptors (Lipinski definition) is 15. The van der Waals surface area contributed by atoms with E-state index in [-0.39, 0.29) is 31.8 Å². The normalized spacial score (nSPS) is 17.7. The number of halogens is 2. The maximum atomic E-state index is 13.7. The molecule has 2 atom stereocenters.